The summed E-state index contributed by atoms with van der Waals surface area (Å²) < 4.78 is 0. The van der Waals surface area contributed by atoms with Crippen LogP contribution in [0, 0.1) is 0 Å². The summed E-state index contributed by atoms with van der Waals surface area (Å²) in [7, 11) is 0. The first-order valence-corrected chi connectivity index (χ1v) is 8.57. The van der Waals surface area contributed by atoms with Gasteiger partial charge in [0, 0.05) is 39.3 Å². The summed E-state index contributed by atoms with van der Waals surface area (Å²) in [5, 5.41) is 12.4. The van der Waals surface area contributed by atoms with Crippen molar-refractivity contribution in [3.05, 3.63) is 35.9 Å². The molecule has 0 aromatic heterocycles. The molecule has 5 heteroatoms. The number of piperazine rings is 1. The van der Waals surface area contributed by atoms with Crippen LogP contribution in [0.4, 0.5) is 0 Å². The van der Waals surface area contributed by atoms with Crippen LogP contribution in [-0.4, -0.2) is 72.7 Å². The minimum Gasteiger partial charge on any atom is -0.392 e. The van der Waals surface area contributed by atoms with Gasteiger partial charge in [-0.1, -0.05) is 30.3 Å². The van der Waals surface area contributed by atoms with Gasteiger partial charge in [0.2, 0.25) is 5.91 Å². The predicted octanol–water partition coefficient (Wildman–Crippen LogP) is 0.734. The second-order valence-corrected chi connectivity index (χ2v) is 6.36. The molecule has 0 radical (unpaired) electrons. The van der Waals surface area contributed by atoms with Gasteiger partial charge in [0.25, 0.3) is 0 Å². The summed E-state index contributed by atoms with van der Waals surface area (Å²) in [6.45, 7) is 7.38. The quantitative estimate of drug-likeness (QED) is 0.694. The van der Waals surface area contributed by atoms with Crippen molar-refractivity contribution < 1.29 is 9.90 Å². The van der Waals surface area contributed by atoms with Gasteiger partial charge in [-0.2, -0.15) is 0 Å². The number of aliphatic hydroxyl groups excluding tert-OH is 1. The molecule has 1 fully saturated rings. The maximum absolute atomic E-state index is 12.0. The molecule has 2 rings (SSSR count). The van der Waals surface area contributed by atoms with Crippen molar-refractivity contribution in [1.82, 2.24) is 15.1 Å². The number of carbonyl (C=O) groups is 1. The molecule has 1 aromatic rings. The summed E-state index contributed by atoms with van der Waals surface area (Å²) in [6, 6.07) is 10.4. The van der Waals surface area contributed by atoms with E-state index in [9.17, 15) is 9.90 Å². The molecule has 1 aliphatic heterocycles. The smallest absolute Gasteiger partial charge is 0.234 e. The highest BCUT2D eigenvalue weighted by atomic mass is 16.3. The van der Waals surface area contributed by atoms with E-state index in [4.69, 9.17) is 0 Å². The largest absolute Gasteiger partial charge is 0.392 e. The minimum atomic E-state index is -0.283. The molecule has 0 aliphatic carbocycles. The number of rotatable bonds is 8. The Hall–Kier alpha value is -1.43. The third kappa shape index (κ3) is 7.12. The highest BCUT2D eigenvalue weighted by molar-refractivity contribution is 5.77. The summed E-state index contributed by atoms with van der Waals surface area (Å²) in [5.74, 6) is 0.113. The van der Waals surface area contributed by atoms with E-state index in [1.54, 1.807) is 0 Å². The monoisotopic (exact) mass is 319 g/mol. The summed E-state index contributed by atoms with van der Waals surface area (Å²) in [5.41, 5.74) is 1.32. The van der Waals surface area contributed by atoms with Gasteiger partial charge in [-0.15, -0.1) is 0 Å². The van der Waals surface area contributed by atoms with Gasteiger partial charge in [0.1, 0.15) is 0 Å². The lowest BCUT2D eigenvalue weighted by Gasteiger charge is -2.34. The number of aliphatic hydroxyl groups is 1. The summed E-state index contributed by atoms with van der Waals surface area (Å²) >= 11 is 0. The van der Waals surface area contributed by atoms with E-state index in [2.05, 4.69) is 27.2 Å². The third-order valence-electron chi connectivity index (χ3n) is 4.16. The fourth-order valence-corrected chi connectivity index (χ4v) is 2.93. The highest BCUT2D eigenvalue weighted by Gasteiger charge is 2.19. The lowest BCUT2D eigenvalue weighted by Crippen LogP contribution is -2.50. The van der Waals surface area contributed by atoms with Gasteiger partial charge in [0.05, 0.1) is 12.6 Å². The first kappa shape index (κ1) is 17.9. The molecule has 1 aliphatic rings. The first-order chi connectivity index (χ1) is 11.1. The van der Waals surface area contributed by atoms with E-state index in [-0.39, 0.29) is 12.0 Å². The summed E-state index contributed by atoms with van der Waals surface area (Å²) in [6.07, 6.45) is 1.69. The molecular weight excluding hydrogens is 290 g/mol. The summed E-state index contributed by atoms with van der Waals surface area (Å²) in [4.78, 5) is 16.4. The van der Waals surface area contributed by atoms with Crippen molar-refractivity contribution in [2.75, 3.05) is 45.8 Å². The third-order valence-corrected chi connectivity index (χ3v) is 4.16. The van der Waals surface area contributed by atoms with Crippen LogP contribution < -0.4 is 5.32 Å². The van der Waals surface area contributed by atoms with E-state index in [1.807, 2.05) is 25.1 Å². The number of benzene rings is 1. The van der Waals surface area contributed by atoms with Gasteiger partial charge < -0.3 is 10.4 Å². The fourth-order valence-electron chi connectivity index (χ4n) is 2.93. The van der Waals surface area contributed by atoms with E-state index in [0.717, 1.165) is 52.1 Å². The zero-order valence-corrected chi connectivity index (χ0v) is 14.1. The average molecular weight is 319 g/mol. The Morgan fingerprint density at radius 3 is 2.48 bits per heavy atom. The molecule has 0 spiro atoms. The van der Waals surface area contributed by atoms with Gasteiger partial charge in [-0.3, -0.25) is 14.6 Å². The maximum atomic E-state index is 12.0. The van der Waals surface area contributed by atoms with Gasteiger partial charge in [-0.05, 0) is 25.3 Å². The molecule has 1 aromatic carbocycles. The van der Waals surface area contributed by atoms with Gasteiger partial charge in [-0.25, -0.2) is 0 Å². The number of hydrogen-bond acceptors (Lipinski definition) is 4. The predicted molar refractivity (Wildman–Crippen MR) is 92.3 cm³/mol. The molecule has 1 saturated heterocycles. The van der Waals surface area contributed by atoms with Crippen LogP contribution in [0.3, 0.4) is 0 Å². The van der Waals surface area contributed by atoms with Crippen molar-refractivity contribution in [2.24, 2.45) is 0 Å². The molecule has 128 valence electrons. The number of aryl methyl sites for hydroxylation is 1. The Labute approximate surface area is 139 Å². The molecule has 1 unspecified atom stereocenters. The van der Waals surface area contributed by atoms with E-state index >= 15 is 0 Å². The molecule has 0 saturated carbocycles. The Morgan fingerprint density at radius 2 is 1.83 bits per heavy atom. The topological polar surface area (TPSA) is 55.8 Å². The Morgan fingerprint density at radius 1 is 1.17 bits per heavy atom. The van der Waals surface area contributed by atoms with Crippen LogP contribution in [0.25, 0.3) is 0 Å². The van der Waals surface area contributed by atoms with Crippen LogP contribution in [0.2, 0.25) is 0 Å². The molecule has 1 atom stereocenters. The fraction of sp³-hybridized carbons (Fsp3) is 0.611. The van der Waals surface area contributed by atoms with Crippen LogP contribution in [0.15, 0.2) is 30.3 Å². The molecule has 1 amide bonds. The highest BCUT2D eigenvalue weighted by Crippen LogP contribution is 2.03. The lowest BCUT2D eigenvalue weighted by molar-refractivity contribution is -0.122. The zero-order chi connectivity index (χ0) is 16.5. The van der Waals surface area contributed by atoms with E-state index < -0.39 is 0 Å². The standard InChI is InChI=1S/C18H29N3O2/c1-16(22)14-20-10-12-21(13-11-20)15-18(23)19-9-5-8-17-6-3-2-4-7-17/h2-4,6-7,16,22H,5,8-15H2,1H3,(H,19,23). The molecular formula is C18H29N3O2. The van der Waals surface area contributed by atoms with Crippen LogP contribution in [-0.2, 0) is 11.2 Å². The van der Waals surface area contributed by atoms with E-state index in [1.165, 1.54) is 5.56 Å². The van der Waals surface area contributed by atoms with Crippen LogP contribution >= 0.6 is 0 Å². The van der Waals surface area contributed by atoms with E-state index in [0.29, 0.717) is 6.54 Å². The van der Waals surface area contributed by atoms with Crippen molar-refractivity contribution >= 4 is 5.91 Å². The molecule has 2 N–H and O–H groups in total. The number of hydrogen-bond donors (Lipinski definition) is 2. The number of nitrogens with zero attached hydrogens (tertiary/aromatic N) is 2. The first-order valence-electron chi connectivity index (χ1n) is 8.57. The van der Waals surface area contributed by atoms with Crippen LogP contribution in [0.1, 0.15) is 18.9 Å². The Kier molecular flexibility index (Phi) is 7.52. The van der Waals surface area contributed by atoms with Crippen molar-refractivity contribution in [3.8, 4) is 0 Å². The second kappa shape index (κ2) is 9.65. The maximum Gasteiger partial charge on any atom is 0.234 e. The lowest BCUT2D eigenvalue weighted by atomic mass is 10.1. The molecule has 1 heterocycles. The normalized spacial score (nSPS) is 17.8. The molecule has 0 bridgehead atoms. The SMILES string of the molecule is CC(O)CN1CCN(CC(=O)NCCCc2ccccc2)CC1. The van der Waals surface area contributed by atoms with Crippen molar-refractivity contribution in [1.29, 1.82) is 0 Å². The average Bonchev–Trinajstić information content (AvgIpc) is 2.54. The Balaban J connectivity index is 1.55. The number of carbonyl (C=O) groups excluding carboxylic acids is 1. The number of nitrogens with one attached hydrogen (secondary N) is 1. The van der Waals surface area contributed by atoms with Crippen LogP contribution in [0.5, 0.6) is 0 Å². The number of amides is 1. The molecule has 5 nitrogen and oxygen atoms in total. The van der Waals surface area contributed by atoms with Gasteiger partial charge in [0.15, 0.2) is 0 Å². The second-order valence-electron chi connectivity index (χ2n) is 6.36. The zero-order valence-electron chi connectivity index (χ0n) is 14.1. The van der Waals surface area contributed by atoms with Crippen molar-refractivity contribution in [3.63, 3.8) is 0 Å². The van der Waals surface area contributed by atoms with Crippen molar-refractivity contribution in [2.45, 2.75) is 25.9 Å². The molecule has 23 heavy (non-hydrogen) atoms. The number of β-amino-alcohol motifs (C(OH)–C–C–N with tert-alkyl or cyclic N) is 1. The minimum absolute atomic E-state index is 0.113. The van der Waals surface area contributed by atoms with Gasteiger partial charge >= 0.3 is 0 Å². The Bertz CT molecular complexity index is 457.